The van der Waals surface area contributed by atoms with Crippen molar-refractivity contribution in [1.29, 1.82) is 0 Å². The number of nitrogens with zero attached hydrogens (tertiary/aromatic N) is 4. The zero-order valence-electron chi connectivity index (χ0n) is 20.0. The molecule has 3 heterocycles. The molecule has 10 nitrogen and oxygen atoms in total. The largest absolute Gasteiger partial charge is 0.497 e. The molecule has 0 amide bonds. The molecule has 0 saturated heterocycles. The number of ether oxygens (including phenoxy) is 1. The Kier molecular flexibility index (Phi) is 7.72. The highest BCUT2D eigenvalue weighted by Gasteiger charge is 2.11. The Morgan fingerprint density at radius 1 is 0.921 bits per heavy atom. The molecule has 0 saturated carbocycles. The summed E-state index contributed by atoms with van der Waals surface area (Å²) in [7, 11) is 1.61. The molecule has 12 heteroatoms. The summed E-state index contributed by atoms with van der Waals surface area (Å²) in [6.45, 7) is 0.392. The molecular weight excluding hydrogens is 529 g/mol. The maximum atomic E-state index is 6.30. The van der Waals surface area contributed by atoms with Gasteiger partial charge in [0.25, 0.3) is 0 Å². The molecule has 0 aliphatic carbocycles. The molecule has 192 valence electrons. The third kappa shape index (κ3) is 6.23. The van der Waals surface area contributed by atoms with Gasteiger partial charge in [-0.15, -0.1) is 0 Å². The van der Waals surface area contributed by atoms with Gasteiger partial charge in [-0.05, 0) is 60.7 Å². The van der Waals surface area contributed by atoms with Gasteiger partial charge in [-0.3, -0.25) is 0 Å². The van der Waals surface area contributed by atoms with Gasteiger partial charge in [-0.1, -0.05) is 29.3 Å². The van der Waals surface area contributed by atoms with E-state index < -0.39 is 0 Å². The lowest BCUT2D eigenvalue weighted by molar-refractivity contribution is 0.415. The minimum Gasteiger partial charge on any atom is -0.497 e. The van der Waals surface area contributed by atoms with Crippen molar-refractivity contribution in [3.05, 3.63) is 94.6 Å². The molecule has 38 heavy (non-hydrogen) atoms. The van der Waals surface area contributed by atoms with Crippen LogP contribution in [0.1, 0.15) is 11.5 Å². The van der Waals surface area contributed by atoms with E-state index in [1.807, 2.05) is 42.5 Å². The summed E-state index contributed by atoms with van der Waals surface area (Å²) < 4.78 is 16.4. The highest BCUT2D eigenvalue weighted by atomic mass is 35.5. The number of rotatable bonds is 10. The third-order valence-electron chi connectivity index (χ3n) is 5.18. The van der Waals surface area contributed by atoms with Crippen LogP contribution in [0, 0.1) is 0 Å². The summed E-state index contributed by atoms with van der Waals surface area (Å²) >= 11 is 12.4. The first-order valence-corrected chi connectivity index (χ1v) is 12.1. The second kappa shape index (κ2) is 11.7. The van der Waals surface area contributed by atoms with Crippen LogP contribution in [0.2, 0.25) is 10.0 Å². The van der Waals surface area contributed by atoms with Crippen LogP contribution < -0.4 is 20.8 Å². The molecule has 3 N–H and O–H groups in total. The van der Waals surface area contributed by atoms with Crippen LogP contribution in [0.5, 0.6) is 5.75 Å². The molecule has 0 radical (unpaired) electrons. The summed E-state index contributed by atoms with van der Waals surface area (Å²) in [6, 6.07) is 19.9. The smallest absolute Gasteiger partial charge is 0.250 e. The second-order valence-electron chi connectivity index (χ2n) is 7.77. The van der Waals surface area contributed by atoms with E-state index in [0.29, 0.717) is 45.6 Å². The van der Waals surface area contributed by atoms with Gasteiger partial charge in [-0.25, -0.2) is 5.43 Å². The Morgan fingerprint density at radius 3 is 2.53 bits per heavy atom. The number of halogens is 2. The van der Waals surface area contributed by atoms with Crippen LogP contribution in [0.15, 0.2) is 86.9 Å². The zero-order valence-corrected chi connectivity index (χ0v) is 21.5. The van der Waals surface area contributed by atoms with Gasteiger partial charge in [0, 0.05) is 11.3 Å². The van der Waals surface area contributed by atoms with Crippen molar-refractivity contribution in [2.45, 2.75) is 6.54 Å². The van der Waals surface area contributed by atoms with Crippen molar-refractivity contribution < 1.29 is 13.6 Å². The van der Waals surface area contributed by atoms with Gasteiger partial charge in [-0.2, -0.15) is 20.1 Å². The van der Waals surface area contributed by atoms with Crippen LogP contribution in [0.3, 0.4) is 0 Å². The van der Waals surface area contributed by atoms with E-state index >= 15 is 0 Å². The summed E-state index contributed by atoms with van der Waals surface area (Å²) in [6.07, 6.45) is 3.10. The molecular formula is C26H21Cl2N7O3. The van der Waals surface area contributed by atoms with Crippen LogP contribution in [0.25, 0.3) is 11.3 Å². The first-order chi connectivity index (χ1) is 18.6. The van der Waals surface area contributed by atoms with Gasteiger partial charge in [0.2, 0.25) is 17.8 Å². The normalized spacial score (nSPS) is 11.0. The molecule has 0 bridgehead atoms. The van der Waals surface area contributed by atoms with E-state index in [9.17, 15) is 0 Å². The van der Waals surface area contributed by atoms with Gasteiger partial charge >= 0.3 is 0 Å². The number of hydrogen-bond acceptors (Lipinski definition) is 10. The number of hydrogen-bond donors (Lipinski definition) is 3. The predicted octanol–water partition coefficient (Wildman–Crippen LogP) is 6.84. The van der Waals surface area contributed by atoms with Crippen LogP contribution in [-0.4, -0.2) is 28.3 Å². The first-order valence-electron chi connectivity index (χ1n) is 11.3. The fraction of sp³-hybridized carbons (Fsp3) is 0.0769. The fourth-order valence-electron chi connectivity index (χ4n) is 3.36. The summed E-state index contributed by atoms with van der Waals surface area (Å²) in [5.74, 6) is 3.36. The Hall–Kier alpha value is -4.54. The third-order valence-corrected chi connectivity index (χ3v) is 6.00. The lowest BCUT2D eigenvalue weighted by Crippen LogP contribution is -2.09. The van der Waals surface area contributed by atoms with Crippen molar-refractivity contribution >= 4 is 52.9 Å². The first kappa shape index (κ1) is 25.1. The highest BCUT2D eigenvalue weighted by molar-refractivity contribution is 6.43. The number of aromatic nitrogens is 3. The number of furan rings is 2. The SMILES string of the molecule is COc1ccc(Nc2nc(NCc3ccco3)nc(N/N=C\c3ccc(-c4cccc(Cl)c4Cl)o3)n2)cc1. The minimum atomic E-state index is 0.207. The number of methoxy groups -OCH3 is 1. The second-order valence-corrected chi connectivity index (χ2v) is 8.55. The van der Waals surface area contributed by atoms with Crippen molar-refractivity contribution in [2.75, 3.05) is 23.2 Å². The predicted molar refractivity (Wildman–Crippen MR) is 148 cm³/mol. The van der Waals surface area contributed by atoms with Crippen LogP contribution in [-0.2, 0) is 6.54 Å². The average molecular weight is 550 g/mol. The maximum absolute atomic E-state index is 6.30. The monoisotopic (exact) mass is 549 g/mol. The van der Waals surface area contributed by atoms with E-state index in [-0.39, 0.29) is 5.95 Å². The molecule has 0 spiro atoms. The van der Waals surface area contributed by atoms with Crippen LogP contribution in [0.4, 0.5) is 23.5 Å². The summed E-state index contributed by atoms with van der Waals surface area (Å²) in [4.78, 5) is 13.2. The number of benzene rings is 2. The molecule has 2 aromatic carbocycles. The molecule has 3 aromatic heterocycles. The van der Waals surface area contributed by atoms with Crippen molar-refractivity contribution in [3.8, 4) is 17.1 Å². The molecule has 0 aliphatic rings. The summed E-state index contributed by atoms with van der Waals surface area (Å²) in [5, 5.41) is 11.4. The van der Waals surface area contributed by atoms with E-state index in [1.165, 1.54) is 6.21 Å². The molecule has 0 atom stereocenters. The van der Waals surface area contributed by atoms with E-state index in [1.54, 1.807) is 37.6 Å². The zero-order chi connectivity index (χ0) is 26.3. The van der Waals surface area contributed by atoms with E-state index in [4.69, 9.17) is 36.8 Å². The maximum Gasteiger partial charge on any atom is 0.250 e. The van der Waals surface area contributed by atoms with Gasteiger partial charge in [0.15, 0.2) is 0 Å². The van der Waals surface area contributed by atoms with Crippen molar-refractivity contribution in [2.24, 2.45) is 5.10 Å². The lowest BCUT2D eigenvalue weighted by atomic mass is 10.2. The molecule has 0 unspecified atom stereocenters. The van der Waals surface area contributed by atoms with Gasteiger partial charge in [0.1, 0.15) is 23.0 Å². The number of nitrogens with one attached hydrogen (secondary N) is 3. The Labute approximate surface area is 227 Å². The van der Waals surface area contributed by atoms with Gasteiger partial charge in [0.05, 0.1) is 36.2 Å². The molecule has 5 aromatic rings. The highest BCUT2D eigenvalue weighted by Crippen LogP contribution is 2.34. The van der Waals surface area contributed by atoms with Gasteiger partial charge < -0.3 is 24.2 Å². The quantitative estimate of drug-likeness (QED) is 0.127. The standard InChI is InChI=1S/C26H21Cl2N7O3/c1-36-17-9-7-16(8-10-17)31-25-32-24(29-14-18-4-3-13-37-18)33-26(34-25)35-30-15-19-11-12-22(38-19)20-5-2-6-21(27)23(20)28/h2-13,15H,14H2,1H3,(H3,29,31,32,33,34,35)/b30-15-. The van der Waals surface area contributed by atoms with Crippen LogP contribution >= 0.6 is 23.2 Å². The average Bonchev–Trinajstić information content (AvgIpc) is 3.62. The summed E-state index contributed by atoms with van der Waals surface area (Å²) in [5.41, 5.74) is 4.27. The lowest BCUT2D eigenvalue weighted by Gasteiger charge is -2.10. The van der Waals surface area contributed by atoms with Crippen molar-refractivity contribution in [3.63, 3.8) is 0 Å². The molecule has 5 rings (SSSR count). The fourth-order valence-corrected chi connectivity index (χ4v) is 3.75. The Balaban J connectivity index is 1.32. The minimum absolute atomic E-state index is 0.207. The van der Waals surface area contributed by atoms with E-state index in [0.717, 1.165) is 17.2 Å². The number of anilines is 4. The molecule has 0 fully saturated rings. The Bertz CT molecular complexity index is 1540. The Morgan fingerprint density at radius 2 is 1.74 bits per heavy atom. The van der Waals surface area contributed by atoms with Crippen molar-refractivity contribution in [1.82, 2.24) is 15.0 Å². The van der Waals surface area contributed by atoms with E-state index in [2.05, 4.69) is 36.1 Å². The number of hydrazone groups is 1. The topological polar surface area (TPSA) is 123 Å². The molecule has 0 aliphatic heterocycles.